The van der Waals surface area contributed by atoms with Crippen molar-refractivity contribution in [3.05, 3.63) is 60.8 Å². The van der Waals surface area contributed by atoms with Crippen molar-refractivity contribution in [2.45, 2.75) is 380 Å². The maximum atomic E-state index is 13.1. The number of aliphatic hydroxyl groups is 1. The van der Waals surface area contributed by atoms with Crippen LogP contribution in [-0.2, 0) is 65.4 Å². The number of hydrogen-bond acceptors (Lipinski definition) is 15. The SMILES string of the molecule is CC/C=C\C/C=C\C/C=C\C/C=C\CCCCC(=O)OCC(COP(=O)(O)OCC(O)COP(=O)(O)OCC(COC(=O)CCCCCCCCCCCCCCCCC)OC(=O)CCCCCCCCCCCCCCCCC)OC(=O)CCCCCCC/C=C\CCCCCC. The summed E-state index contributed by atoms with van der Waals surface area (Å²) in [6.07, 6.45) is 70.6. The van der Waals surface area contributed by atoms with Gasteiger partial charge in [0, 0.05) is 25.7 Å². The van der Waals surface area contributed by atoms with Gasteiger partial charge in [-0.1, -0.05) is 307 Å². The van der Waals surface area contributed by atoms with Gasteiger partial charge in [-0.15, -0.1) is 0 Å². The van der Waals surface area contributed by atoms with Crippen molar-refractivity contribution in [1.29, 1.82) is 0 Å². The smallest absolute Gasteiger partial charge is 0.462 e. The molecule has 17 nitrogen and oxygen atoms in total. The number of aliphatic hydroxyl groups excluding tert-OH is 1. The molecule has 0 bridgehead atoms. The van der Waals surface area contributed by atoms with Gasteiger partial charge in [0.15, 0.2) is 12.2 Å². The van der Waals surface area contributed by atoms with Crippen molar-refractivity contribution in [3.8, 4) is 0 Å². The summed E-state index contributed by atoms with van der Waals surface area (Å²) >= 11 is 0. The first-order chi connectivity index (χ1) is 47.7. The van der Waals surface area contributed by atoms with E-state index in [9.17, 15) is 43.2 Å². The van der Waals surface area contributed by atoms with Gasteiger partial charge in [-0.3, -0.25) is 37.3 Å². The van der Waals surface area contributed by atoms with Crippen LogP contribution in [0.5, 0.6) is 0 Å². The maximum Gasteiger partial charge on any atom is 0.472 e. The van der Waals surface area contributed by atoms with Crippen LogP contribution in [0.25, 0.3) is 0 Å². The first kappa shape index (κ1) is 94.8. The molecule has 572 valence electrons. The molecule has 19 heteroatoms. The van der Waals surface area contributed by atoms with E-state index in [0.717, 1.165) is 122 Å². The lowest BCUT2D eigenvalue weighted by Crippen LogP contribution is -2.30. The number of ether oxygens (including phenoxy) is 4. The average Bonchev–Trinajstić information content (AvgIpc) is 0.959. The van der Waals surface area contributed by atoms with Crippen LogP contribution in [-0.4, -0.2) is 96.7 Å². The Morgan fingerprint density at radius 2 is 0.531 bits per heavy atom. The third-order valence-electron chi connectivity index (χ3n) is 17.0. The Kier molecular flexibility index (Phi) is 69.7. The highest BCUT2D eigenvalue weighted by Crippen LogP contribution is 2.45. The van der Waals surface area contributed by atoms with E-state index in [0.29, 0.717) is 25.7 Å². The molecule has 0 aromatic carbocycles. The van der Waals surface area contributed by atoms with E-state index in [1.807, 2.05) is 0 Å². The van der Waals surface area contributed by atoms with Crippen molar-refractivity contribution in [2.24, 2.45) is 0 Å². The predicted octanol–water partition coefficient (Wildman–Crippen LogP) is 22.7. The van der Waals surface area contributed by atoms with Crippen molar-refractivity contribution in [1.82, 2.24) is 0 Å². The monoisotopic (exact) mass is 1430 g/mol. The molecule has 0 amide bonds. The number of phosphoric ester groups is 2. The quantitative estimate of drug-likeness (QED) is 0.0169. The molecular weight excluding hydrogens is 1280 g/mol. The molecule has 0 radical (unpaired) electrons. The Morgan fingerprint density at radius 3 is 0.857 bits per heavy atom. The number of unbranched alkanes of at least 4 members (excludes halogenated alkanes) is 39. The second-order valence-corrected chi connectivity index (χ2v) is 29.5. The van der Waals surface area contributed by atoms with Gasteiger partial charge in [-0.25, -0.2) is 9.13 Å². The number of phosphoric acid groups is 2. The molecule has 0 fully saturated rings. The molecule has 0 aromatic heterocycles. The number of allylic oxidation sites excluding steroid dienone is 10. The maximum absolute atomic E-state index is 13.1. The number of carbonyl (C=O) groups is 4. The first-order valence-corrected chi connectivity index (χ1v) is 42.5. The lowest BCUT2D eigenvalue weighted by atomic mass is 10.0. The van der Waals surface area contributed by atoms with Crippen LogP contribution in [0.2, 0.25) is 0 Å². The number of rotatable bonds is 75. The summed E-state index contributed by atoms with van der Waals surface area (Å²) in [7, 11) is -9.95. The van der Waals surface area contributed by atoms with E-state index in [1.54, 1.807) is 0 Å². The van der Waals surface area contributed by atoms with E-state index in [-0.39, 0.29) is 25.7 Å². The molecule has 5 atom stereocenters. The molecule has 0 saturated heterocycles. The molecule has 0 spiro atoms. The molecule has 0 saturated carbocycles. The van der Waals surface area contributed by atoms with Gasteiger partial charge < -0.3 is 33.8 Å². The van der Waals surface area contributed by atoms with Crippen molar-refractivity contribution in [2.75, 3.05) is 39.6 Å². The minimum absolute atomic E-state index is 0.0791. The van der Waals surface area contributed by atoms with Crippen molar-refractivity contribution >= 4 is 39.5 Å². The van der Waals surface area contributed by atoms with Crippen LogP contribution in [0.15, 0.2) is 60.8 Å². The van der Waals surface area contributed by atoms with Crippen LogP contribution in [0.4, 0.5) is 0 Å². The highest BCUT2D eigenvalue weighted by atomic mass is 31.2. The number of esters is 4. The summed E-state index contributed by atoms with van der Waals surface area (Å²) in [6.45, 7) is 4.76. The van der Waals surface area contributed by atoms with Crippen LogP contribution in [0, 0.1) is 0 Å². The second kappa shape index (κ2) is 72.1. The van der Waals surface area contributed by atoms with Crippen molar-refractivity contribution in [3.63, 3.8) is 0 Å². The zero-order valence-corrected chi connectivity index (χ0v) is 64.3. The molecule has 0 rings (SSSR count). The van der Waals surface area contributed by atoms with Gasteiger partial charge in [0.25, 0.3) is 0 Å². The van der Waals surface area contributed by atoms with Gasteiger partial charge in [0.2, 0.25) is 0 Å². The van der Waals surface area contributed by atoms with E-state index in [4.69, 9.17) is 37.0 Å². The molecule has 0 aliphatic rings. The summed E-state index contributed by atoms with van der Waals surface area (Å²) in [5.41, 5.74) is 0. The lowest BCUT2D eigenvalue weighted by Gasteiger charge is -2.21. The molecule has 98 heavy (non-hydrogen) atoms. The third-order valence-corrected chi connectivity index (χ3v) is 18.9. The first-order valence-electron chi connectivity index (χ1n) is 39.5. The minimum Gasteiger partial charge on any atom is -0.462 e. The van der Waals surface area contributed by atoms with E-state index in [2.05, 4.69) is 88.5 Å². The summed E-state index contributed by atoms with van der Waals surface area (Å²) in [5.74, 6) is -2.20. The molecular formula is C79H144O17P2. The number of carbonyl (C=O) groups excluding carboxylic acids is 4. The Labute approximate surface area is 597 Å². The van der Waals surface area contributed by atoms with E-state index >= 15 is 0 Å². The lowest BCUT2D eigenvalue weighted by molar-refractivity contribution is -0.161. The molecule has 5 unspecified atom stereocenters. The highest BCUT2D eigenvalue weighted by molar-refractivity contribution is 7.47. The molecule has 0 heterocycles. The topological polar surface area (TPSA) is 237 Å². The van der Waals surface area contributed by atoms with Gasteiger partial charge in [0.1, 0.15) is 19.3 Å². The predicted molar refractivity (Wildman–Crippen MR) is 400 cm³/mol. The largest absolute Gasteiger partial charge is 0.472 e. The summed E-state index contributed by atoms with van der Waals surface area (Å²) in [5, 5.41) is 10.6. The zero-order valence-electron chi connectivity index (χ0n) is 62.5. The van der Waals surface area contributed by atoms with Gasteiger partial charge in [-0.05, 0) is 89.9 Å². The van der Waals surface area contributed by atoms with Crippen LogP contribution < -0.4 is 0 Å². The molecule has 0 aliphatic carbocycles. The van der Waals surface area contributed by atoms with Crippen LogP contribution >= 0.6 is 15.6 Å². The highest BCUT2D eigenvalue weighted by Gasteiger charge is 2.30. The Hall–Kier alpha value is -3.24. The molecule has 3 N–H and O–H groups in total. The van der Waals surface area contributed by atoms with E-state index < -0.39 is 97.5 Å². The second-order valence-electron chi connectivity index (χ2n) is 26.6. The van der Waals surface area contributed by atoms with Gasteiger partial charge in [-0.2, -0.15) is 0 Å². The average molecular weight is 1430 g/mol. The summed E-state index contributed by atoms with van der Waals surface area (Å²) in [4.78, 5) is 72.9. The van der Waals surface area contributed by atoms with E-state index in [1.165, 1.54) is 161 Å². The molecule has 0 aromatic rings. The third kappa shape index (κ3) is 71.2. The Bertz CT molecular complexity index is 2100. The van der Waals surface area contributed by atoms with Gasteiger partial charge >= 0.3 is 39.5 Å². The summed E-state index contributed by atoms with van der Waals surface area (Å²) < 4.78 is 68.5. The van der Waals surface area contributed by atoms with Crippen LogP contribution in [0.3, 0.4) is 0 Å². The fourth-order valence-electron chi connectivity index (χ4n) is 11.0. The summed E-state index contributed by atoms with van der Waals surface area (Å²) in [6, 6.07) is 0. The fraction of sp³-hybridized carbons (Fsp3) is 0.823. The molecule has 0 aliphatic heterocycles. The standard InChI is InChI=1S/C79H144O17P2/c1-5-9-13-17-21-25-29-33-36-40-43-47-51-55-59-63-76(81)89-69-74(95-78(83)65-61-57-53-49-45-39-32-28-24-20-16-12-8-4)71-93-97(85,86)91-67-73(80)68-92-98(87,88)94-72-75(96-79(84)66-62-58-54-50-46-42-38-35-31-27-23-19-15-11-7-3)70-90-77(82)64-60-56-52-48-44-41-37-34-30-26-22-18-14-10-6-2/h9,13,21,25,28,32-33,36,43,47,73-75,80H,5-8,10-12,14-20,22-24,26-27,29-31,34-35,37-42,44-46,48-72H2,1-4H3,(H,85,86)(H,87,88)/b13-9-,25-21-,32-28-,36-33-,47-43-. The Balaban J connectivity index is 5.34. The van der Waals surface area contributed by atoms with Crippen LogP contribution in [0.1, 0.15) is 362 Å². The number of hydrogen-bond donors (Lipinski definition) is 3. The normalized spacial score (nSPS) is 14.2. The van der Waals surface area contributed by atoms with Gasteiger partial charge in [0.05, 0.1) is 26.4 Å². The zero-order chi connectivity index (χ0) is 71.8. The Morgan fingerprint density at radius 1 is 0.296 bits per heavy atom. The minimum atomic E-state index is -4.98. The van der Waals surface area contributed by atoms with Crippen molar-refractivity contribution < 1.29 is 80.2 Å². The fourth-order valence-corrected chi connectivity index (χ4v) is 12.6.